The number of carbonyl (C=O) groups is 2. The van der Waals surface area contributed by atoms with Crippen LogP contribution in [0.5, 0.6) is 0 Å². The third-order valence-electron chi connectivity index (χ3n) is 5.56. The minimum Gasteiger partial charge on any atom is -0.458 e. The van der Waals surface area contributed by atoms with E-state index in [1.54, 1.807) is 0 Å². The lowest BCUT2D eigenvalue weighted by Crippen LogP contribution is -2.47. The summed E-state index contributed by atoms with van der Waals surface area (Å²) in [6, 6.07) is 0. The minimum atomic E-state index is -0.262. The molecular weight excluding hydrogens is 268 g/mol. The quantitative estimate of drug-likeness (QED) is 0.423. The van der Waals surface area contributed by atoms with Crippen molar-refractivity contribution in [3.63, 3.8) is 0 Å². The van der Waals surface area contributed by atoms with Gasteiger partial charge in [-0.15, -0.1) is 0 Å². The molecule has 0 radical (unpaired) electrons. The highest BCUT2D eigenvalue weighted by Crippen LogP contribution is 2.57. The first-order valence-corrected chi connectivity index (χ1v) is 7.57. The van der Waals surface area contributed by atoms with E-state index in [-0.39, 0.29) is 41.4 Å². The van der Waals surface area contributed by atoms with E-state index >= 15 is 0 Å². The third kappa shape index (κ3) is 2.21. The molecule has 0 unspecified atom stereocenters. The zero-order chi connectivity index (χ0) is 15.4. The molecule has 0 aromatic heterocycles. The Hall–Kier alpha value is -1.58. The summed E-state index contributed by atoms with van der Waals surface area (Å²) in [7, 11) is 0. The zero-order valence-corrected chi connectivity index (χ0v) is 12.7. The molecule has 2 saturated carbocycles. The van der Waals surface area contributed by atoms with Gasteiger partial charge in [-0.3, -0.25) is 4.79 Å². The molecule has 1 aliphatic heterocycles. The van der Waals surface area contributed by atoms with Crippen LogP contribution in [0.15, 0.2) is 24.3 Å². The van der Waals surface area contributed by atoms with E-state index in [1.807, 2.05) is 0 Å². The molecule has 5 atom stereocenters. The maximum Gasteiger partial charge on any atom is 0.334 e. The Morgan fingerprint density at radius 1 is 1.43 bits per heavy atom. The van der Waals surface area contributed by atoms with Crippen LogP contribution in [0, 0.1) is 17.3 Å². The van der Waals surface area contributed by atoms with Gasteiger partial charge in [-0.25, -0.2) is 4.79 Å². The van der Waals surface area contributed by atoms with Crippen LogP contribution < -0.4 is 0 Å². The van der Waals surface area contributed by atoms with Gasteiger partial charge in [-0.05, 0) is 42.6 Å². The fourth-order valence-corrected chi connectivity index (χ4v) is 4.37. The van der Waals surface area contributed by atoms with E-state index in [9.17, 15) is 9.59 Å². The lowest BCUT2D eigenvalue weighted by Gasteiger charge is -2.51. The summed E-state index contributed by atoms with van der Waals surface area (Å²) in [5, 5.41) is 0. The summed E-state index contributed by atoms with van der Waals surface area (Å²) in [6.45, 7) is 11.8. The Labute approximate surface area is 125 Å². The molecule has 0 bridgehead atoms. The number of hydrogen-bond donors (Lipinski definition) is 0. The van der Waals surface area contributed by atoms with Crippen molar-refractivity contribution in [2.75, 3.05) is 0 Å². The molecule has 3 aliphatic rings. The molecule has 3 fully saturated rings. The molecule has 4 nitrogen and oxygen atoms in total. The average molecular weight is 290 g/mol. The summed E-state index contributed by atoms with van der Waals surface area (Å²) in [6.07, 6.45) is 3.20. The minimum absolute atomic E-state index is 0.0377. The summed E-state index contributed by atoms with van der Waals surface area (Å²) in [5.74, 6) is -0.178. The van der Waals surface area contributed by atoms with E-state index in [2.05, 4.69) is 20.1 Å². The van der Waals surface area contributed by atoms with Crippen LogP contribution in [-0.4, -0.2) is 24.1 Å². The van der Waals surface area contributed by atoms with Crippen LogP contribution in [0.3, 0.4) is 0 Å². The van der Waals surface area contributed by atoms with E-state index in [0.29, 0.717) is 5.57 Å². The topological polar surface area (TPSA) is 52.6 Å². The van der Waals surface area contributed by atoms with Gasteiger partial charge in [-0.1, -0.05) is 20.1 Å². The van der Waals surface area contributed by atoms with Gasteiger partial charge in [-0.2, -0.15) is 0 Å². The highest BCUT2D eigenvalue weighted by atomic mass is 16.6. The lowest BCUT2D eigenvalue weighted by molar-refractivity contribution is -0.150. The second kappa shape index (κ2) is 4.72. The fourth-order valence-electron chi connectivity index (χ4n) is 4.37. The number of rotatable bonds is 1. The Balaban J connectivity index is 1.83. The van der Waals surface area contributed by atoms with Crippen LogP contribution in [0.4, 0.5) is 0 Å². The SMILES string of the molecule is C=C1C(=O)O[C@@H]2C[C@@]3(C)CC[C@@H](OC(C)=O)C(=C)[C@@H]3C[C@H]12. The third-order valence-corrected chi connectivity index (χ3v) is 5.56. The molecule has 0 aromatic rings. The van der Waals surface area contributed by atoms with Crippen LogP contribution in [-0.2, 0) is 19.1 Å². The molecule has 0 N–H and O–H groups in total. The highest BCUT2D eigenvalue weighted by Gasteiger charge is 2.54. The van der Waals surface area contributed by atoms with Gasteiger partial charge in [0.2, 0.25) is 0 Å². The normalized spacial score (nSPS) is 42.1. The maximum absolute atomic E-state index is 11.7. The van der Waals surface area contributed by atoms with Crippen LogP contribution >= 0.6 is 0 Å². The molecule has 4 heteroatoms. The summed E-state index contributed by atoms with van der Waals surface area (Å²) >= 11 is 0. The first-order valence-electron chi connectivity index (χ1n) is 7.57. The fraction of sp³-hybridized carbons (Fsp3) is 0.647. The summed E-state index contributed by atoms with van der Waals surface area (Å²) in [4.78, 5) is 23.0. The maximum atomic E-state index is 11.7. The Morgan fingerprint density at radius 2 is 2.14 bits per heavy atom. The molecule has 3 rings (SSSR count). The Morgan fingerprint density at radius 3 is 2.81 bits per heavy atom. The molecule has 2 aliphatic carbocycles. The van der Waals surface area contributed by atoms with Gasteiger partial charge in [0.15, 0.2) is 0 Å². The number of ether oxygens (including phenoxy) is 2. The highest BCUT2D eigenvalue weighted by molar-refractivity contribution is 5.90. The van der Waals surface area contributed by atoms with E-state index < -0.39 is 0 Å². The van der Waals surface area contributed by atoms with Crippen molar-refractivity contribution in [2.24, 2.45) is 17.3 Å². The van der Waals surface area contributed by atoms with Gasteiger partial charge in [0.1, 0.15) is 12.2 Å². The second-order valence-corrected chi connectivity index (χ2v) is 6.93. The van der Waals surface area contributed by atoms with Gasteiger partial charge >= 0.3 is 11.9 Å². The summed E-state index contributed by atoms with van der Waals surface area (Å²) in [5.41, 5.74) is 1.65. The van der Waals surface area contributed by atoms with Gasteiger partial charge in [0.05, 0.1) is 0 Å². The number of esters is 2. The monoisotopic (exact) mass is 290 g/mol. The lowest BCUT2D eigenvalue weighted by atomic mass is 9.55. The number of hydrogen-bond acceptors (Lipinski definition) is 4. The predicted octanol–water partition coefficient (Wildman–Crippen LogP) is 2.78. The smallest absolute Gasteiger partial charge is 0.334 e. The van der Waals surface area contributed by atoms with Crippen molar-refractivity contribution >= 4 is 11.9 Å². The van der Waals surface area contributed by atoms with Crippen molar-refractivity contribution in [1.82, 2.24) is 0 Å². The van der Waals surface area contributed by atoms with Crippen molar-refractivity contribution in [3.8, 4) is 0 Å². The molecular formula is C17H22O4. The van der Waals surface area contributed by atoms with Crippen molar-refractivity contribution in [3.05, 3.63) is 24.3 Å². The standard InChI is InChI=1S/C17H22O4/c1-9-12-7-13-10(2)14(20-11(3)18)5-6-17(13,4)8-15(12)21-16(9)19/h12-15H,1-2,5-8H2,3-4H3/t12-,13+,14-,15-,17-/m1/s1. The Bertz CT molecular complexity index is 535. The van der Waals surface area contributed by atoms with E-state index in [0.717, 1.165) is 31.3 Å². The number of carbonyl (C=O) groups excluding carboxylic acids is 2. The molecule has 0 amide bonds. The molecule has 114 valence electrons. The van der Waals surface area contributed by atoms with Crippen LogP contribution in [0.1, 0.15) is 39.5 Å². The molecule has 21 heavy (non-hydrogen) atoms. The first-order chi connectivity index (χ1) is 9.82. The molecule has 0 aromatic carbocycles. The molecule has 1 heterocycles. The molecule has 0 spiro atoms. The average Bonchev–Trinajstić information content (AvgIpc) is 2.66. The van der Waals surface area contributed by atoms with Gasteiger partial charge in [0, 0.05) is 18.4 Å². The van der Waals surface area contributed by atoms with Crippen LogP contribution in [0.25, 0.3) is 0 Å². The van der Waals surface area contributed by atoms with Gasteiger partial charge in [0.25, 0.3) is 0 Å². The number of fused-ring (bicyclic) bond motifs is 2. The molecule has 1 saturated heterocycles. The summed E-state index contributed by atoms with van der Waals surface area (Å²) < 4.78 is 10.9. The first kappa shape index (κ1) is 14.4. The van der Waals surface area contributed by atoms with Crippen molar-refractivity contribution in [2.45, 2.75) is 51.7 Å². The van der Waals surface area contributed by atoms with E-state index in [1.165, 1.54) is 6.92 Å². The zero-order valence-electron chi connectivity index (χ0n) is 12.7. The van der Waals surface area contributed by atoms with Crippen LogP contribution in [0.2, 0.25) is 0 Å². The predicted molar refractivity (Wildman–Crippen MR) is 77.3 cm³/mol. The van der Waals surface area contributed by atoms with Gasteiger partial charge < -0.3 is 9.47 Å². The Kier molecular flexibility index (Phi) is 3.23. The van der Waals surface area contributed by atoms with E-state index in [4.69, 9.17) is 9.47 Å². The van der Waals surface area contributed by atoms with Crippen molar-refractivity contribution < 1.29 is 19.1 Å². The second-order valence-electron chi connectivity index (χ2n) is 6.93. The van der Waals surface area contributed by atoms with Crippen molar-refractivity contribution in [1.29, 1.82) is 0 Å². The largest absolute Gasteiger partial charge is 0.458 e.